The molecular formula is C52H65ClN10O10. The molecule has 0 aliphatic carbocycles. The highest BCUT2D eigenvalue weighted by Gasteiger charge is 2.37. The minimum Gasteiger partial charge on any atom is -0.492 e. The number of likely N-dealkylation sites (N-methyl/N-ethyl adjacent to an activating group) is 1. The number of piperazine rings is 1. The molecule has 3 atom stereocenters. The maximum atomic E-state index is 14.3. The number of nitrogens with two attached hydrogens (primary N) is 2. The molecule has 390 valence electrons. The second-order valence-electron chi connectivity index (χ2n) is 18.6. The Bertz CT molecular complexity index is 2760. The minimum absolute atomic E-state index is 0.0493. The average Bonchev–Trinajstić information content (AvgIpc) is 3.98. The zero-order valence-corrected chi connectivity index (χ0v) is 42.4. The second kappa shape index (κ2) is 25.0. The Kier molecular flexibility index (Phi) is 18.4. The Labute approximate surface area is 428 Å². The molecule has 3 heterocycles. The van der Waals surface area contributed by atoms with Gasteiger partial charge < -0.3 is 71.0 Å². The molecule has 0 saturated carbocycles. The van der Waals surface area contributed by atoms with Crippen LogP contribution in [0.25, 0.3) is 21.7 Å². The van der Waals surface area contributed by atoms with Crippen LogP contribution < -0.4 is 47.1 Å². The van der Waals surface area contributed by atoms with Gasteiger partial charge >= 0.3 is 18.2 Å². The van der Waals surface area contributed by atoms with Crippen LogP contribution in [0.4, 0.5) is 25.8 Å². The van der Waals surface area contributed by atoms with Crippen LogP contribution in [0, 0.1) is 5.92 Å². The molecule has 0 bridgehead atoms. The molecule has 2 aliphatic rings. The van der Waals surface area contributed by atoms with Crippen LogP contribution in [0.2, 0.25) is 0 Å². The lowest BCUT2D eigenvalue weighted by Gasteiger charge is -2.33. The number of furan rings is 1. The molecule has 1 saturated heterocycles. The summed E-state index contributed by atoms with van der Waals surface area (Å²) >= 11 is 6.55. The van der Waals surface area contributed by atoms with Gasteiger partial charge in [-0.1, -0.05) is 50.2 Å². The highest BCUT2D eigenvalue weighted by atomic mass is 35.5. The van der Waals surface area contributed by atoms with E-state index in [-0.39, 0.29) is 86.8 Å². The number of primary amides is 1. The number of urea groups is 1. The Morgan fingerprint density at radius 1 is 0.877 bits per heavy atom. The first-order valence-electron chi connectivity index (χ1n) is 24.4. The summed E-state index contributed by atoms with van der Waals surface area (Å²) in [4.78, 5) is 85.8. The van der Waals surface area contributed by atoms with Crippen LogP contribution in [0.5, 0.6) is 11.5 Å². The predicted molar refractivity (Wildman–Crippen MR) is 278 cm³/mol. The van der Waals surface area contributed by atoms with E-state index in [4.69, 9.17) is 41.7 Å². The van der Waals surface area contributed by atoms with Crippen LogP contribution >= 0.6 is 11.6 Å². The summed E-state index contributed by atoms with van der Waals surface area (Å²) < 4.78 is 23.7. The lowest BCUT2D eigenvalue weighted by Crippen LogP contribution is -2.54. The number of halogens is 1. The van der Waals surface area contributed by atoms with Crippen molar-refractivity contribution < 1.29 is 47.4 Å². The molecule has 7 rings (SSSR count). The fourth-order valence-corrected chi connectivity index (χ4v) is 9.06. The molecule has 0 radical (unpaired) electrons. The number of carbonyl (C=O) groups excluding carboxylic acids is 6. The summed E-state index contributed by atoms with van der Waals surface area (Å²) in [6, 6.07) is 21.0. The summed E-state index contributed by atoms with van der Waals surface area (Å²) in [7, 11) is 3.94. The Balaban J connectivity index is 0.935. The molecular weight excluding hydrogens is 960 g/mol. The normalized spacial score (nSPS) is 15.3. The fourth-order valence-electron chi connectivity index (χ4n) is 8.81. The van der Waals surface area contributed by atoms with Gasteiger partial charge in [-0.2, -0.15) is 0 Å². The standard InChI is InChI=1S/C52H65ClN10O10/c1-32(2)46(56-19-17-54)48(65)59-40(10-7-18-57-50(55)67)47(64)58-36-13-11-33(12-14-36)31-71-51(68)61-20-22-62(23-21-61)52(69)73-43-28-41-45(39-9-6-5-8-38(39)43)35(29-53)30-63(41)49(66)44-27-34-26-37(15-16-42(34)72-44)70-25-24-60(3)4/h5-6,8-9,11-16,26-28,32,35,40,46,56H,7,10,17-25,29-31,54H2,1-4H3,(H,58,64)(H,59,65)(H3,55,57,67)/t35-,40+,46+/m1/s1. The summed E-state index contributed by atoms with van der Waals surface area (Å²) in [5.74, 6) is -0.0818. The number of hydrogen-bond acceptors (Lipinski definition) is 13. The number of anilines is 2. The summed E-state index contributed by atoms with van der Waals surface area (Å²) in [5, 5.41) is 13.5. The molecule has 21 heteroatoms. The maximum Gasteiger partial charge on any atom is 0.415 e. The number of amides is 7. The van der Waals surface area contributed by atoms with Crippen molar-refractivity contribution in [2.45, 2.75) is 51.3 Å². The van der Waals surface area contributed by atoms with Gasteiger partial charge in [0, 0.05) is 93.2 Å². The number of nitrogens with zero attached hydrogens (tertiary/aromatic N) is 4. The van der Waals surface area contributed by atoms with E-state index in [9.17, 15) is 28.8 Å². The highest BCUT2D eigenvalue weighted by Crippen LogP contribution is 2.46. The van der Waals surface area contributed by atoms with Crippen LogP contribution in [0.3, 0.4) is 0 Å². The first-order chi connectivity index (χ1) is 35.1. The topological polar surface area (TPSA) is 256 Å². The molecule has 73 heavy (non-hydrogen) atoms. The number of benzene rings is 4. The molecule has 2 aliphatic heterocycles. The van der Waals surface area contributed by atoms with Gasteiger partial charge in [0.1, 0.15) is 36.3 Å². The Morgan fingerprint density at radius 3 is 2.26 bits per heavy atom. The van der Waals surface area contributed by atoms with E-state index in [1.54, 1.807) is 47.4 Å². The van der Waals surface area contributed by atoms with E-state index in [1.807, 2.05) is 69.2 Å². The molecule has 8 N–H and O–H groups in total. The largest absolute Gasteiger partial charge is 0.492 e. The SMILES string of the molecule is CC(C)[C@H](NCCN)C(=O)N[C@@H](CCCNC(N)=O)C(=O)Nc1ccc(COC(=O)N2CCN(C(=O)Oc3cc4c(c5ccccc35)[C@H](CCl)CN4C(=O)c3cc4cc(OCCN(C)C)ccc4o3)CC2)cc1. The van der Waals surface area contributed by atoms with Gasteiger partial charge in [-0.25, -0.2) is 14.4 Å². The number of hydrogen-bond donors (Lipinski definition) is 6. The predicted octanol–water partition coefficient (Wildman–Crippen LogP) is 5.41. The van der Waals surface area contributed by atoms with E-state index in [0.717, 1.165) is 22.9 Å². The van der Waals surface area contributed by atoms with Crippen molar-refractivity contribution >= 4 is 80.7 Å². The third-order valence-corrected chi connectivity index (χ3v) is 13.1. The molecule has 7 amide bonds. The van der Waals surface area contributed by atoms with Gasteiger partial charge in [0.2, 0.25) is 11.8 Å². The lowest BCUT2D eigenvalue weighted by atomic mass is 9.95. The molecule has 0 unspecified atom stereocenters. The fraction of sp³-hybridized carbons (Fsp3) is 0.423. The van der Waals surface area contributed by atoms with Crippen LogP contribution in [-0.4, -0.2) is 148 Å². The van der Waals surface area contributed by atoms with Gasteiger partial charge in [-0.15, -0.1) is 11.6 Å². The third-order valence-electron chi connectivity index (χ3n) is 12.7. The van der Waals surface area contributed by atoms with Crippen molar-refractivity contribution in [2.24, 2.45) is 17.4 Å². The molecule has 1 fully saturated rings. The number of nitrogens with one attached hydrogen (secondary N) is 4. The van der Waals surface area contributed by atoms with Crippen LogP contribution in [-0.2, 0) is 20.9 Å². The lowest BCUT2D eigenvalue weighted by molar-refractivity contribution is -0.128. The van der Waals surface area contributed by atoms with Gasteiger partial charge in [-0.3, -0.25) is 14.4 Å². The summed E-state index contributed by atoms with van der Waals surface area (Å²) in [5.41, 5.74) is 13.9. The van der Waals surface area contributed by atoms with E-state index < -0.39 is 36.2 Å². The van der Waals surface area contributed by atoms with Gasteiger partial charge in [0.15, 0.2) is 5.76 Å². The monoisotopic (exact) mass is 1020 g/mol. The molecule has 1 aromatic heterocycles. The molecule has 4 aromatic carbocycles. The van der Waals surface area contributed by atoms with E-state index >= 15 is 0 Å². The van der Waals surface area contributed by atoms with E-state index in [0.29, 0.717) is 66.3 Å². The summed E-state index contributed by atoms with van der Waals surface area (Å²) in [6.07, 6.45) is -0.558. The summed E-state index contributed by atoms with van der Waals surface area (Å²) in [6.45, 7) is 7.03. The van der Waals surface area contributed by atoms with Crippen molar-refractivity contribution in [3.63, 3.8) is 0 Å². The first kappa shape index (κ1) is 53.7. The van der Waals surface area contributed by atoms with Gasteiger partial charge in [-0.05, 0) is 85.8 Å². The van der Waals surface area contributed by atoms with Gasteiger partial charge in [0.25, 0.3) is 5.91 Å². The molecule has 0 spiro atoms. The molecule has 5 aromatic rings. The zero-order valence-electron chi connectivity index (χ0n) is 41.6. The molecule has 20 nitrogen and oxygen atoms in total. The number of ether oxygens (including phenoxy) is 3. The van der Waals surface area contributed by atoms with Crippen molar-refractivity contribution in [1.29, 1.82) is 0 Å². The highest BCUT2D eigenvalue weighted by molar-refractivity contribution is 6.19. The Morgan fingerprint density at radius 2 is 1.59 bits per heavy atom. The number of fused-ring (bicyclic) bond motifs is 4. The van der Waals surface area contributed by atoms with Gasteiger partial charge in [0.05, 0.1) is 11.7 Å². The third kappa shape index (κ3) is 13.7. The first-order valence-corrected chi connectivity index (χ1v) is 25.0. The number of rotatable bonds is 21. The van der Waals surface area contributed by atoms with Crippen molar-refractivity contribution in [1.82, 2.24) is 30.7 Å². The smallest absolute Gasteiger partial charge is 0.415 e. The van der Waals surface area contributed by atoms with Crippen molar-refractivity contribution in [3.05, 3.63) is 95.7 Å². The maximum absolute atomic E-state index is 14.3. The zero-order chi connectivity index (χ0) is 52.2. The Hall–Kier alpha value is -7.13. The van der Waals surface area contributed by atoms with E-state index in [1.165, 1.54) is 9.80 Å². The van der Waals surface area contributed by atoms with Crippen LogP contribution in [0.1, 0.15) is 54.3 Å². The van der Waals surface area contributed by atoms with Crippen molar-refractivity contribution in [3.8, 4) is 11.5 Å². The quantitative estimate of drug-likeness (QED) is 0.0398. The van der Waals surface area contributed by atoms with Crippen LogP contribution in [0.15, 0.2) is 83.3 Å². The number of carbonyl (C=O) groups is 6. The van der Waals surface area contributed by atoms with Crippen molar-refractivity contribution in [2.75, 3.05) is 95.7 Å². The average molecular weight is 1030 g/mol. The van der Waals surface area contributed by atoms with E-state index in [2.05, 4.69) is 21.3 Å². The minimum atomic E-state index is -0.915. The second-order valence-corrected chi connectivity index (χ2v) is 18.9. The number of alkyl halides is 1.